The summed E-state index contributed by atoms with van der Waals surface area (Å²) in [5.41, 5.74) is 1.74. The van der Waals surface area contributed by atoms with Crippen molar-refractivity contribution in [2.24, 2.45) is 5.92 Å². The molecule has 122 valence electrons. The van der Waals surface area contributed by atoms with Crippen LogP contribution in [0.15, 0.2) is 24.3 Å². The third-order valence-corrected chi connectivity index (χ3v) is 4.98. The average Bonchev–Trinajstić information content (AvgIpc) is 2.54. The predicted molar refractivity (Wildman–Crippen MR) is 89.3 cm³/mol. The number of benzene rings is 1. The molecular weight excluding hydrogens is 300 g/mol. The minimum absolute atomic E-state index is 0.0354. The second kappa shape index (κ2) is 9.02. The molecule has 6 heteroatoms. The first-order chi connectivity index (χ1) is 10.7. The van der Waals surface area contributed by atoms with Crippen molar-refractivity contribution in [1.29, 1.82) is 0 Å². The van der Waals surface area contributed by atoms with Gasteiger partial charge < -0.3 is 15.4 Å². The highest BCUT2D eigenvalue weighted by atomic mass is 32.2. The van der Waals surface area contributed by atoms with E-state index in [0.717, 1.165) is 37.2 Å². The molecule has 0 aromatic heterocycles. The first-order valence-corrected chi connectivity index (χ1v) is 9.12. The first-order valence-electron chi connectivity index (χ1n) is 7.63. The van der Waals surface area contributed by atoms with Crippen LogP contribution in [0.25, 0.3) is 0 Å². The Hall–Kier alpha value is -1.24. The zero-order valence-electron chi connectivity index (χ0n) is 13.0. The van der Waals surface area contributed by atoms with Crippen molar-refractivity contribution in [2.45, 2.75) is 18.6 Å². The van der Waals surface area contributed by atoms with Crippen LogP contribution in [-0.2, 0) is 26.1 Å². The summed E-state index contributed by atoms with van der Waals surface area (Å²) in [5.74, 6) is 1.11. The molecule has 2 unspecified atom stereocenters. The lowest BCUT2D eigenvalue weighted by Crippen LogP contribution is -2.37. The third kappa shape index (κ3) is 5.51. The maximum Gasteiger partial charge on any atom is 0.228 e. The quantitative estimate of drug-likeness (QED) is 0.798. The van der Waals surface area contributed by atoms with Gasteiger partial charge in [-0.2, -0.15) is 0 Å². The first kappa shape index (κ1) is 17.1. The van der Waals surface area contributed by atoms with Gasteiger partial charge in [-0.25, -0.2) is 0 Å². The molecule has 1 amide bonds. The fraction of sp³-hybridized carbons (Fsp3) is 0.562. The molecule has 1 heterocycles. The molecule has 22 heavy (non-hydrogen) atoms. The van der Waals surface area contributed by atoms with Crippen molar-refractivity contribution in [2.75, 3.05) is 37.9 Å². The smallest absolute Gasteiger partial charge is 0.228 e. The Balaban J connectivity index is 1.90. The molecule has 2 rings (SSSR count). The SMILES string of the molecule is COCCS(=O)Cc1cccc(NC(=O)C2CCCNC2)c1. The topological polar surface area (TPSA) is 67.4 Å². The minimum Gasteiger partial charge on any atom is -0.384 e. The predicted octanol–water partition coefficient (Wildman–Crippen LogP) is 1.52. The zero-order chi connectivity index (χ0) is 15.8. The van der Waals surface area contributed by atoms with Crippen LogP contribution >= 0.6 is 0 Å². The molecule has 0 bridgehead atoms. The van der Waals surface area contributed by atoms with E-state index in [1.165, 1.54) is 0 Å². The van der Waals surface area contributed by atoms with Crippen LogP contribution in [0.3, 0.4) is 0 Å². The van der Waals surface area contributed by atoms with E-state index in [1.807, 2.05) is 24.3 Å². The van der Waals surface area contributed by atoms with Crippen LogP contribution in [-0.4, -0.2) is 42.7 Å². The lowest BCUT2D eigenvalue weighted by Gasteiger charge is -2.22. The Kier molecular flexibility index (Phi) is 7.02. The summed E-state index contributed by atoms with van der Waals surface area (Å²) in [5, 5.41) is 6.21. The number of piperidine rings is 1. The highest BCUT2D eigenvalue weighted by molar-refractivity contribution is 7.84. The summed E-state index contributed by atoms with van der Waals surface area (Å²) in [7, 11) is 0.661. The number of methoxy groups -OCH3 is 1. The van der Waals surface area contributed by atoms with Crippen LogP contribution in [0.4, 0.5) is 5.69 Å². The molecule has 0 aliphatic carbocycles. The van der Waals surface area contributed by atoms with Gasteiger partial charge in [0.05, 0.1) is 12.5 Å². The number of carbonyl (C=O) groups is 1. The Labute approximate surface area is 134 Å². The number of hydrogen-bond acceptors (Lipinski definition) is 4. The number of rotatable bonds is 7. The van der Waals surface area contributed by atoms with E-state index in [1.54, 1.807) is 7.11 Å². The summed E-state index contributed by atoms with van der Waals surface area (Å²) in [6, 6.07) is 7.59. The Morgan fingerprint density at radius 2 is 2.36 bits per heavy atom. The lowest BCUT2D eigenvalue weighted by molar-refractivity contribution is -0.120. The monoisotopic (exact) mass is 324 g/mol. The Morgan fingerprint density at radius 1 is 1.50 bits per heavy atom. The van der Waals surface area contributed by atoms with E-state index in [-0.39, 0.29) is 11.8 Å². The van der Waals surface area contributed by atoms with E-state index in [0.29, 0.717) is 18.1 Å². The molecule has 5 nitrogen and oxygen atoms in total. The molecule has 1 aliphatic rings. The number of carbonyl (C=O) groups excluding carboxylic acids is 1. The number of amides is 1. The molecule has 1 saturated heterocycles. The average molecular weight is 324 g/mol. The zero-order valence-corrected chi connectivity index (χ0v) is 13.8. The summed E-state index contributed by atoms with van der Waals surface area (Å²) in [4.78, 5) is 12.2. The van der Waals surface area contributed by atoms with Crippen molar-refractivity contribution in [3.05, 3.63) is 29.8 Å². The van der Waals surface area contributed by atoms with Gasteiger partial charge in [-0.15, -0.1) is 0 Å². The number of ether oxygens (including phenoxy) is 1. The third-order valence-electron chi connectivity index (χ3n) is 3.70. The van der Waals surface area contributed by atoms with Crippen LogP contribution in [0.1, 0.15) is 18.4 Å². The Bertz CT molecular complexity index is 516. The maximum atomic E-state index is 12.2. The fourth-order valence-corrected chi connectivity index (χ4v) is 3.54. The van der Waals surface area contributed by atoms with Gasteiger partial charge in [0.1, 0.15) is 0 Å². The number of anilines is 1. The number of hydrogen-bond donors (Lipinski definition) is 2. The second-order valence-corrected chi connectivity index (χ2v) is 7.09. The van der Waals surface area contributed by atoms with Gasteiger partial charge in [0, 0.05) is 41.6 Å². The highest BCUT2D eigenvalue weighted by Crippen LogP contribution is 2.16. The molecule has 0 saturated carbocycles. The molecule has 2 atom stereocenters. The number of nitrogens with one attached hydrogen (secondary N) is 2. The molecule has 1 fully saturated rings. The van der Waals surface area contributed by atoms with E-state index < -0.39 is 10.8 Å². The summed E-state index contributed by atoms with van der Waals surface area (Å²) < 4.78 is 16.8. The van der Waals surface area contributed by atoms with Crippen molar-refractivity contribution in [1.82, 2.24) is 5.32 Å². The van der Waals surface area contributed by atoms with Gasteiger partial charge >= 0.3 is 0 Å². The van der Waals surface area contributed by atoms with Crippen molar-refractivity contribution in [3.63, 3.8) is 0 Å². The van der Waals surface area contributed by atoms with E-state index in [4.69, 9.17) is 4.74 Å². The van der Waals surface area contributed by atoms with Crippen molar-refractivity contribution < 1.29 is 13.7 Å². The molecule has 0 radical (unpaired) electrons. The van der Waals surface area contributed by atoms with Crippen molar-refractivity contribution in [3.8, 4) is 0 Å². The highest BCUT2D eigenvalue weighted by Gasteiger charge is 2.20. The normalized spacial score (nSPS) is 19.6. The van der Waals surface area contributed by atoms with Gasteiger partial charge in [-0.1, -0.05) is 12.1 Å². The van der Waals surface area contributed by atoms with Gasteiger partial charge in [0.2, 0.25) is 5.91 Å². The molecular formula is C16H24N2O3S. The van der Waals surface area contributed by atoms with E-state index >= 15 is 0 Å². The minimum atomic E-state index is -0.944. The summed E-state index contributed by atoms with van der Waals surface area (Å²) in [6.07, 6.45) is 1.97. The van der Waals surface area contributed by atoms with Gasteiger partial charge in [0.15, 0.2) is 0 Å². The maximum absolute atomic E-state index is 12.2. The molecule has 2 N–H and O–H groups in total. The molecule has 1 aromatic rings. The van der Waals surface area contributed by atoms with Gasteiger partial charge in [0.25, 0.3) is 0 Å². The van der Waals surface area contributed by atoms with Crippen LogP contribution in [0.2, 0.25) is 0 Å². The Morgan fingerprint density at radius 3 is 3.09 bits per heavy atom. The summed E-state index contributed by atoms with van der Waals surface area (Å²) in [6.45, 7) is 2.23. The molecule has 0 spiro atoms. The largest absolute Gasteiger partial charge is 0.384 e. The van der Waals surface area contributed by atoms with E-state index in [2.05, 4.69) is 10.6 Å². The van der Waals surface area contributed by atoms with Gasteiger partial charge in [-0.05, 0) is 37.1 Å². The van der Waals surface area contributed by atoms with E-state index in [9.17, 15) is 9.00 Å². The van der Waals surface area contributed by atoms with Crippen LogP contribution in [0.5, 0.6) is 0 Å². The summed E-state index contributed by atoms with van der Waals surface area (Å²) >= 11 is 0. The van der Waals surface area contributed by atoms with Crippen LogP contribution < -0.4 is 10.6 Å². The standard InChI is InChI=1S/C16H24N2O3S/c1-21-8-9-22(20)12-13-4-2-6-15(10-13)18-16(19)14-5-3-7-17-11-14/h2,4,6,10,14,17H,3,5,7-9,11-12H2,1H3,(H,18,19). The van der Waals surface area contributed by atoms with Gasteiger partial charge in [-0.3, -0.25) is 9.00 Å². The second-order valence-electron chi connectivity index (χ2n) is 5.51. The molecule has 1 aromatic carbocycles. The fourth-order valence-electron chi connectivity index (χ4n) is 2.49. The van der Waals surface area contributed by atoms with Crippen LogP contribution in [0, 0.1) is 5.92 Å². The lowest BCUT2D eigenvalue weighted by atomic mass is 9.99. The van der Waals surface area contributed by atoms with Crippen molar-refractivity contribution >= 4 is 22.4 Å². The molecule has 1 aliphatic heterocycles.